The molecule has 0 unspecified atom stereocenters. The molecule has 1 amide bonds. The molecular formula is C41H51ClN4O6S. The van der Waals surface area contributed by atoms with Gasteiger partial charge in [0.05, 0.1) is 41.0 Å². The molecule has 284 valence electrons. The van der Waals surface area contributed by atoms with Crippen molar-refractivity contribution in [3.05, 3.63) is 95.2 Å². The van der Waals surface area contributed by atoms with Crippen LogP contribution in [-0.2, 0) is 28.6 Å². The van der Waals surface area contributed by atoms with Crippen LogP contribution in [0.1, 0.15) is 77.8 Å². The second-order valence-corrected chi connectivity index (χ2v) is 18.1. The van der Waals surface area contributed by atoms with Gasteiger partial charge in [-0.3, -0.25) is 14.3 Å². The van der Waals surface area contributed by atoms with E-state index in [9.17, 15) is 18.9 Å². The summed E-state index contributed by atoms with van der Waals surface area (Å²) in [5, 5.41) is 15.0. The number of ether oxygens (including phenoxy) is 2. The molecule has 3 aromatic rings. The monoisotopic (exact) mass is 762 g/mol. The summed E-state index contributed by atoms with van der Waals surface area (Å²) in [5.74, 6) is -0.691. The van der Waals surface area contributed by atoms with Gasteiger partial charge in [-0.15, -0.1) is 18.3 Å². The van der Waals surface area contributed by atoms with E-state index in [0.717, 1.165) is 37.8 Å². The molecule has 0 radical (unpaired) electrons. The predicted molar refractivity (Wildman–Crippen MR) is 210 cm³/mol. The largest absolute Gasteiger partial charge is 0.490 e. The van der Waals surface area contributed by atoms with Crippen molar-refractivity contribution >= 4 is 38.7 Å². The minimum atomic E-state index is -3.44. The first-order valence-electron chi connectivity index (χ1n) is 18.4. The van der Waals surface area contributed by atoms with Gasteiger partial charge >= 0.3 is 0 Å². The number of aryl methyl sites for hydroxylation is 2. The van der Waals surface area contributed by atoms with E-state index in [0.29, 0.717) is 36.9 Å². The van der Waals surface area contributed by atoms with Crippen molar-refractivity contribution in [2.24, 2.45) is 29.2 Å². The van der Waals surface area contributed by atoms with Crippen molar-refractivity contribution in [1.29, 1.82) is 0 Å². The summed E-state index contributed by atoms with van der Waals surface area (Å²) in [4.78, 5) is 30.2. The van der Waals surface area contributed by atoms with Gasteiger partial charge in [0.15, 0.2) is 5.78 Å². The molecular weight excluding hydrogens is 712 g/mol. The van der Waals surface area contributed by atoms with Crippen LogP contribution in [0.15, 0.2) is 72.3 Å². The Morgan fingerprint density at radius 3 is 2.72 bits per heavy atom. The quantitative estimate of drug-likeness (QED) is 0.143. The molecule has 1 aliphatic heterocycles. The highest BCUT2D eigenvalue weighted by Gasteiger charge is 2.44. The lowest BCUT2D eigenvalue weighted by molar-refractivity contribution is 0.0460. The summed E-state index contributed by atoms with van der Waals surface area (Å²) in [6.45, 7) is 13.1. The molecule has 10 nitrogen and oxygen atoms in total. The Kier molecular flexibility index (Phi) is 11.6. The van der Waals surface area contributed by atoms with Crippen molar-refractivity contribution in [2.45, 2.75) is 69.1 Å². The number of carbonyl (C=O) groups excluding carboxylic acids is 2. The molecule has 7 atom stereocenters. The average Bonchev–Trinajstić information content (AvgIpc) is 3.44. The number of anilines is 1. The Morgan fingerprint density at radius 2 is 2.02 bits per heavy atom. The predicted octanol–water partition coefficient (Wildman–Crippen LogP) is 7.22. The maximum absolute atomic E-state index is 14.9. The van der Waals surface area contributed by atoms with Crippen LogP contribution in [0.25, 0.3) is 0 Å². The Bertz CT molecular complexity index is 2020. The van der Waals surface area contributed by atoms with Crippen molar-refractivity contribution in [3.8, 4) is 11.6 Å². The van der Waals surface area contributed by atoms with Gasteiger partial charge in [-0.2, -0.15) is 4.36 Å². The average molecular weight is 763 g/mol. The number of aliphatic hydroxyl groups excluding tert-OH is 1. The maximum atomic E-state index is 14.9. The molecule has 12 heteroatoms. The number of allylic oxidation sites excluding steroid dienone is 1. The summed E-state index contributed by atoms with van der Waals surface area (Å²) in [6, 6.07) is 11.4. The Morgan fingerprint density at radius 1 is 1.23 bits per heavy atom. The third-order valence-electron chi connectivity index (χ3n) is 11.7. The number of methoxy groups -OCH3 is 1. The van der Waals surface area contributed by atoms with Crippen LogP contribution < -0.4 is 14.4 Å². The fraction of sp³-hybridized carbons (Fsp3) is 0.488. The molecule has 0 saturated heterocycles. The topological polar surface area (TPSA) is 123 Å². The van der Waals surface area contributed by atoms with E-state index in [1.54, 1.807) is 44.3 Å². The number of carbonyl (C=O) groups is 2. The molecule has 6 rings (SSSR count). The lowest BCUT2D eigenvalue weighted by atomic mass is 9.68. The van der Waals surface area contributed by atoms with Gasteiger partial charge in [-0.25, -0.2) is 4.21 Å². The zero-order valence-electron chi connectivity index (χ0n) is 31.1. The summed E-state index contributed by atoms with van der Waals surface area (Å²) < 4.78 is 32.7. The number of aromatic nitrogens is 2. The van der Waals surface area contributed by atoms with E-state index >= 15 is 0 Å². The second kappa shape index (κ2) is 15.8. The summed E-state index contributed by atoms with van der Waals surface area (Å²) in [5.41, 5.74) is 3.32. The highest BCUT2D eigenvalue weighted by atomic mass is 35.5. The van der Waals surface area contributed by atoms with Gasteiger partial charge in [0.1, 0.15) is 11.3 Å². The first kappa shape index (κ1) is 38.8. The van der Waals surface area contributed by atoms with Crippen LogP contribution in [0.5, 0.6) is 11.6 Å². The number of hydrogen-bond donors (Lipinski definition) is 1. The van der Waals surface area contributed by atoms with Crippen molar-refractivity contribution < 1.29 is 28.4 Å². The fourth-order valence-corrected chi connectivity index (χ4v) is 10.8. The summed E-state index contributed by atoms with van der Waals surface area (Å²) in [6.07, 6.45) is 9.56. The number of nitrogens with zero attached hydrogens (tertiary/aromatic N) is 4. The van der Waals surface area contributed by atoms with Crippen LogP contribution in [0.2, 0.25) is 5.02 Å². The molecule has 1 N–H and O–H groups in total. The number of rotatable bonds is 13. The Balaban J connectivity index is 1.39. The van der Waals surface area contributed by atoms with Gasteiger partial charge in [0.2, 0.25) is 5.88 Å². The second-order valence-electron chi connectivity index (χ2n) is 15.1. The van der Waals surface area contributed by atoms with Crippen molar-refractivity contribution in [1.82, 2.24) is 9.78 Å². The van der Waals surface area contributed by atoms with Gasteiger partial charge in [0, 0.05) is 47.6 Å². The standard InChI is InChI=1S/C41H51ClN4O6S/c1-7-10-26(3)27(4)53(50,23-37(48)33-22-45(5)43-40(33)51-6)44-39(49)29-13-17-38-35(20-29)46(21-30-12-15-32(30)36(47)8-2)24-41(25-52-38)18-9-11-28-19-31(42)14-16-34(28)41/h7-8,13-14,16-17,19-20,22,26-27,30,32,36,47H,1-2,9-12,15,18,21,23-25H2,3-6H3/t26-,27+,30-,32+,36-,41-,53-/m0/s1. The highest BCUT2D eigenvalue weighted by Crippen LogP contribution is 2.47. The Labute approximate surface area is 318 Å². The molecule has 1 spiro atoms. The normalized spacial score (nSPS) is 23.5. The highest BCUT2D eigenvalue weighted by molar-refractivity contribution is 7.95. The molecule has 2 heterocycles. The molecule has 2 aliphatic carbocycles. The lowest BCUT2D eigenvalue weighted by Gasteiger charge is -2.45. The fourth-order valence-electron chi connectivity index (χ4n) is 8.31. The van der Waals surface area contributed by atoms with E-state index < -0.39 is 38.5 Å². The third-order valence-corrected chi connectivity index (χ3v) is 14.7. The van der Waals surface area contributed by atoms with E-state index in [4.69, 9.17) is 21.1 Å². The summed E-state index contributed by atoms with van der Waals surface area (Å²) >= 11 is 6.44. The maximum Gasteiger partial charge on any atom is 0.285 e. The Hall–Kier alpha value is -3.93. The number of amides is 1. The van der Waals surface area contributed by atoms with Gasteiger partial charge in [-0.05, 0) is 105 Å². The zero-order chi connectivity index (χ0) is 38.1. The molecule has 0 bridgehead atoms. The smallest absolute Gasteiger partial charge is 0.285 e. The molecule has 1 aromatic heterocycles. The van der Waals surface area contributed by atoms with Crippen LogP contribution >= 0.6 is 11.6 Å². The van der Waals surface area contributed by atoms with Crippen LogP contribution in [-0.4, -0.2) is 74.7 Å². The molecule has 1 saturated carbocycles. The zero-order valence-corrected chi connectivity index (χ0v) is 32.7. The van der Waals surface area contributed by atoms with E-state index in [2.05, 4.69) is 39.7 Å². The molecule has 2 aromatic carbocycles. The number of aliphatic hydroxyl groups is 1. The number of ketones is 1. The molecule has 3 aliphatic rings. The van der Waals surface area contributed by atoms with Crippen molar-refractivity contribution in [2.75, 3.05) is 37.5 Å². The number of halogens is 1. The van der Waals surface area contributed by atoms with Crippen LogP contribution in [0.3, 0.4) is 0 Å². The first-order chi connectivity index (χ1) is 25.3. The number of Topliss-reactive ketones (excluding diaryl/α,β-unsaturated/α-hetero) is 1. The number of benzene rings is 2. The van der Waals surface area contributed by atoms with Gasteiger partial charge in [-0.1, -0.05) is 36.7 Å². The minimum Gasteiger partial charge on any atom is -0.490 e. The van der Waals surface area contributed by atoms with E-state index in [-0.39, 0.29) is 40.2 Å². The van der Waals surface area contributed by atoms with Gasteiger partial charge < -0.3 is 19.5 Å². The van der Waals surface area contributed by atoms with Crippen LogP contribution in [0, 0.1) is 17.8 Å². The molecule has 1 fully saturated rings. The lowest BCUT2D eigenvalue weighted by Crippen LogP contribution is -2.49. The van der Waals surface area contributed by atoms with Crippen LogP contribution in [0.4, 0.5) is 5.69 Å². The summed E-state index contributed by atoms with van der Waals surface area (Å²) in [7, 11) is -0.355. The van der Waals surface area contributed by atoms with E-state index in [1.165, 1.54) is 29.1 Å². The first-order valence-corrected chi connectivity index (χ1v) is 20.5. The minimum absolute atomic E-state index is 0.0908. The van der Waals surface area contributed by atoms with E-state index in [1.807, 2.05) is 13.0 Å². The number of hydrogen-bond acceptors (Lipinski definition) is 8. The number of fused-ring (bicyclic) bond motifs is 3. The SMILES string of the molecule is C=CC[C@H](C)[C@@H](C)[S@@](=O)(CC(=O)c1cn(C)nc1OC)=NC(=O)c1ccc2c(c1)N(C[C@@H]1CC[C@H]1[C@@H](O)C=C)C[C@@]1(CCCc3cc(Cl)ccc31)CO2. The van der Waals surface area contributed by atoms with Crippen molar-refractivity contribution in [3.63, 3.8) is 0 Å². The third kappa shape index (κ3) is 7.84. The van der Waals surface area contributed by atoms with Gasteiger partial charge in [0.25, 0.3) is 5.91 Å². The molecule has 53 heavy (non-hydrogen) atoms.